The zero-order valence-corrected chi connectivity index (χ0v) is 12.5. The third-order valence-corrected chi connectivity index (χ3v) is 4.79. The molecule has 0 spiro atoms. The van der Waals surface area contributed by atoms with E-state index in [2.05, 4.69) is 41.2 Å². The van der Waals surface area contributed by atoms with Crippen LogP contribution in [0.2, 0.25) is 0 Å². The van der Waals surface area contributed by atoms with Gasteiger partial charge < -0.3 is 9.88 Å². The molecule has 18 heavy (non-hydrogen) atoms. The lowest BCUT2D eigenvalue weighted by molar-refractivity contribution is 0.360. The molecule has 0 saturated heterocycles. The van der Waals surface area contributed by atoms with E-state index in [4.69, 9.17) is 0 Å². The van der Waals surface area contributed by atoms with E-state index in [1.165, 1.54) is 25.7 Å². The third kappa shape index (κ3) is 3.75. The van der Waals surface area contributed by atoms with Crippen LogP contribution in [0, 0.1) is 0 Å². The van der Waals surface area contributed by atoms with Gasteiger partial charge >= 0.3 is 0 Å². The van der Waals surface area contributed by atoms with Crippen molar-refractivity contribution in [1.82, 2.24) is 14.9 Å². The van der Waals surface area contributed by atoms with Crippen molar-refractivity contribution in [2.75, 3.05) is 6.26 Å². The minimum atomic E-state index is 0.519. The molecule has 1 aromatic heterocycles. The Bertz CT molecular complexity index is 362. The molecule has 2 atom stereocenters. The minimum Gasteiger partial charge on any atom is -0.334 e. The Balaban J connectivity index is 1.92. The zero-order chi connectivity index (χ0) is 13.0. The largest absolute Gasteiger partial charge is 0.334 e. The van der Waals surface area contributed by atoms with Gasteiger partial charge in [-0.2, -0.15) is 11.8 Å². The molecule has 102 valence electrons. The lowest BCUT2D eigenvalue weighted by atomic mass is 9.95. The number of nitrogens with one attached hydrogen (secondary N) is 1. The highest BCUT2D eigenvalue weighted by Gasteiger charge is 2.22. The molecule has 0 aliphatic heterocycles. The van der Waals surface area contributed by atoms with Crippen LogP contribution < -0.4 is 5.32 Å². The fourth-order valence-electron chi connectivity index (χ4n) is 2.58. The summed E-state index contributed by atoms with van der Waals surface area (Å²) in [7, 11) is 0. The van der Waals surface area contributed by atoms with Crippen LogP contribution in [0.3, 0.4) is 0 Å². The lowest BCUT2D eigenvalue weighted by Crippen LogP contribution is -2.22. The van der Waals surface area contributed by atoms with Gasteiger partial charge in [0.15, 0.2) is 0 Å². The highest BCUT2D eigenvalue weighted by Crippen LogP contribution is 2.33. The molecule has 4 heteroatoms. The molecule has 1 heterocycles. The SMILES string of the molecule is CSC1CCCC(n2cnc(CNC(C)C)c2)C1. The maximum absolute atomic E-state index is 4.51. The normalized spacial score (nSPS) is 24.7. The molecule has 1 N–H and O–H groups in total. The predicted molar refractivity (Wildman–Crippen MR) is 79.0 cm³/mol. The number of hydrogen-bond donors (Lipinski definition) is 1. The van der Waals surface area contributed by atoms with Gasteiger partial charge in [0.2, 0.25) is 0 Å². The Morgan fingerprint density at radius 1 is 1.50 bits per heavy atom. The molecule has 2 rings (SSSR count). The molecule has 1 fully saturated rings. The van der Waals surface area contributed by atoms with Gasteiger partial charge in [0.05, 0.1) is 12.0 Å². The Hall–Kier alpha value is -0.480. The summed E-state index contributed by atoms with van der Waals surface area (Å²) >= 11 is 2.02. The first kappa shape index (κ1) is 13.9. The van der Waals surface area contributed by atoms with Crippen LogP contribution in [0.15, 0.2) is 12.5 Å². The number of hydrogen-bond acceptors (Lipinski definition) is 3. The van der Waals surface area contributed by atoms with E-state index in [0.717, 1.165) is 17.5 Å². The summed E-state index contributed by atoms with van der Waals surface area (Å²) in [5, 5.41) is 4.25. The highest BCUT2D eigenvalue weighted by atomic mass is 32.2. The smallest absolute Gasteiger partial charge is 0.0952 e. The molecular weight excluding hydrogens is 242 g/mol. The standard InChI is InChI=1S/C14H25N3S/c1-11(2)15-8-12-9-17(10-16-12)13-5-4-6-14(7-13)18-3/h9-11,13-15H,4-8H2,1-3H3. The van der Waals surface area contributed by atoms with Crippen LogP contribution in [-0.4, -0.2) is 27.1 Å². The maximum Gasteiger partial charge on any atom is 0.0952 e. The number of aromatic nitrogens is 2. The molecule has 3 nitrogen and oxygen atoms in total. The summed E-state index contributed by atoms with van der Waals surface area (Å²) in [5.74, 6) is 0. The quantitative estimate of drug-likeness (QED) is 0.888. The monoisotopic (exact) mass is 267 g/mol. The van der Waals surface area contributed by atoms with E-state index in [0.29, 0.717) is 12.1 Å². The maximum atomic E-state index is 4.51. The van der Waals surface area contributed by atoms with E-state index in [-0.39, 0.29) is 0 Å². The minimum absolute atomic E-state index is 0.519. The summed E-state index contributed by atoms with van der Waals surface area (Å²) in [6, 6.07) is 1.18. The Kier molecular flexibility index (Phi) is 5.13. The molecule has 0 bridgehead atoms. The van der Waals surface area contributed by atoms with Crippen molar-refractivity contribution in [2.45, 2.75) is 63.4 Å². The van der Waals surface area contributed by atoms with Crippen LogP contribution in [0.5, 0.6) is 0 Å². The molecular formula is C14H25N3S. The number of imidazole rings is 1. The van der Waals surface area contributed by atoms with Gasteiger partial charge in [-0.05, 0) is 25.5 Å². The van der Waals surface area contributed by atoms with Crippen molar-refractivity contribution in [3.63, 3.8) is 0 Å². The van der Waals surface area contributed by atoms with Crippen LogP contribution in [0.1, 0.15) is 51.3 Å². The second-order valence-electron chi connectivity index (χ2n) is 5.53. The van der Waals surface area contributed by atoms with Gasteiger partial charge in [0, 0.05) is 30.1 Å². The van der Waals surface area contributed by atoms with Gasteiger partial charge in [-0.1, -0.05) is 20.3 Å². The van der Waals surface area contributed by atoms with E-state index in [9.17, 15) is 0 Å². The summed E-state index contributed by atoms with van der Waals surface area (Å²) in [6.07, 6.45) is 11.8. The van der Waals surface area contributed by atoms with Crippen molar-refractivity contribution >= 4 is 11.8 Å². The average molecular weight is 267 g/mol. The first-order chi connectivity index (χ1) is 8.69. The molecule has 0 amide bonds. The topological polar surface area (TPSA) is 29.9 Å². The summed E-state index contributed by atoms with van der Waals surface area (Å²) in [4.78, 5) is 4.51. The molecule has 2 unspecified atom stereocenters. The summed E-state index contributed by atoms with van der Waals surface area (Å²) in [5.41, 5.74) is 1.16. The van der Waals surface area contributed by atoms with Crippen LogP contribution in [-0.2, 0) is 6.54 Å². The Labute approximate surface area is 115 Å². The van der Waals surface area contributed by atoms with Crippen LogP contribution in [0.25, 0.3) is 0 Å². The molecule has 1 aliphatic carbocycles. The van der Waals surface area contributed by atoms with Crippen molar-refractivity contribution in [2.24, 2.45) is 0 Å². The second-order valence-corrected chi connectivity index (χ2v) is 6.66. The first-order valence-corrected chi connectivity index (χ1v) is 8.26. The Morgan fingerprint density at radius 3 is 3.06 bits per heavy atom. The Morgan fingerprint density at radius 2 is 2.33 bits per heavy atom. The van der Waals surface area contributed by atoms with E-state index < -0.39 is 0 Å². The molecule has 1 saturated carbocycles. The highest BCUT2D eigenvalue weighted by molar-refractivity contribution is 7.99. The van der Waals surface area contributed by atoms with E-state index in [1.54, 1.807) is 0 Å². The van der Waals surface area contributed by atoms with Crippen molar-refractivity contribution in [3.8, 4) is 0 Å². The molecule has 1 aromatic rings. The van der Waals surface area contributed by atoms with Gasteiger partial charge in [0.25, 0.3) is 0 Å². The first-order valence-electron chi connectivity index (χ1n) is 6.97. The number of rotatable bonds is 5. The van der Waals surface area contributed by atoms with Crippen molar-refractivity contribution in [1.29, 1.82) is 0 Å². The summed E-state index contributed by atoms with van der Waals surface area (Å²) in [6.45, 7) is 5.21. The predicted octanol–water partition coefficient (Wildman–Crippen LogP) is 3.23. The van der Waals surface area contributed by atoms with Crippen molar-refractivity contribution < 1.29 is 0 Å². The number of thioether (sulfide) groups is 1. The van der Waals surface area contributed by atoms with Crippen LogP contribution >= 0.6 is 11.8 Å². The van der Waals surface area contributed by atoms with Gasteiger partial charge in [0.1, 0.15) is 0 Å². The molecule has 1 aliphatic rings. The number of nitrogens with zero attached hydrogens (tertiary/aromatic N) is 2. The third-order valence-electron chi connectivity index (χ3n) is 3.70. The van der Waals surface area contributed by atoms with E-state index in [1.807, 2.05) is 18.1 Å². The van der Waals surface area contributed by atoms with E-state index >= 15 is 0 Å². The zero-order valence-electron chi connectivity index (χ0n) is 11.7. The molecule has 0 radical (unpaired) electrons. The van der Waals surface area contributed by atoms with Gasteiger partial charge in [-0.25, -0.2) is 4.98 Å². The summed E-state index contributed by atoms with van der Waals surface area (Å²) < 4.78 is 2.33. The fraction of sp³-hybridized carbons (Fsp3) is 0.786. The lowest BCUT2D eigenvalue weighted by Gasteiger charge is -2.28. The fourth-order valence-corrected chi connectivity index (χ4v) is 3.40. The van der Waals surface area contributed by atoms with Crippen LogP contribution in [0.4, 0.5) is 0 Å². The van der Waals surface area contributed by atoms with Crippen molar-refractivity contribution in [3.05, 3.63) is 18.2 Å². The molecule has 0 aromatic carbocycles. The van der Waals surface area contributed by atoms with Gasteiger partial charge in [-0.15, -0.1) is 0 Å². The van der Waals surface area contributed by atoms with Gasteiger partial charge in [-0.3, -0.25) is 0 Å². The average Bonchev–Trinajstić information content (AvgIpc) is 2.85. The second kappa shape index (κ2) is 6.62.